The summed E-state index contributed by atoms with van der Waals surface area (Å²) in [6, 6.07) is 8.41. The van der Waals surface area contributed by atoms with E-state index < -0.39 is 0 Å². The third kappa shape index (κ3) is 0.596. The van der Waals surface area contributed by atoms with Crippen LogP contribution in [-0.4, -0.2) is 18.5 Å². The first kappa shape index (κ1) is 6.82. The highest BCUT2D eigenvalue weighted by molar-refractivity contribution is 6.35. The fourth-order valence-corrected chi connectivity index (χ4v) is 2.51. The summed E-state index contributed by atoms with van der Waals surface area (Å²) in [6.07, 6.45) is 0. The van der Waals surface area contributed by atoms with Crippen LogP contribution in [0.4, 0.5) is 0 Å². The van der Waals surface area contributed by atoms with Crippen molar-refractivity contribution in [3.05, 3.63) is 35.2 Å². The van der Waals surface area contributed by atoms with E-state index in [1.807, 2.05) is 0 Å². The van der Waals surface area contributed by atoms with Crippen LogP contribution in [0.2, 0.25) is 0 Å². The smallest absolute Gasteiger partial charge is 0.289 e. The highest BCUT2D eigenvalue weighted by Crippen LogP contribution is 2.16. The van der Waals surface area contributed by atoms with Crippen molar-refractivity contribution >= 4 is 18.2 Å². The molecular formula is C10H8BN3. The number of hydrogen-bond acceptors (Lipinski definition) is 2. The van der Waals surface area contributed by atoms with Gasteiger partial charge in [0.1, 0.15) is 11.0 Å². The van der Waals surface area contributed by atoms with Crippen LogP contribution in [0.15, 0.2) is 34.2 Å². The van der Waals surface area contributed by atoms with Gasteiger partial charge in [0.25, 0.3) is 7.41 Å². The second kappa shape index (κ2) is 2.08. The normalized spacial score (nSPS) is 21.6. The Morgan fingerprint density at radius 2 is 2.00 bits per heavy atom. The highest BCUT2D eigenvalue weighted by atomic mass is 15.2. The lowest BCUT2D eigenvalue weighted by molar-refractivity contribution is 0.720. The average molecular weight is 181 g/mol. The molecule has 66 valence electrons. The Bertz CT molecular complexity index is 601. The van der Waals surface area contributed by atoms with E-state index in [0.717, 1.165) is 24.9 Å². The molecule has 14 heavy (non-hydrogen) atoms. The summed E-state index contributed by atoms with van der Waals surface area (Å²) >= 11 is 0. The second-order valence-corrected chi connectivity index (χ2v) is 3.90. The van der Waals surface area contributed by atoms with Crippen molar-refractivity contribution in [2.75, 3.05) is 6.54 Å². The van der Waals surface area contributed by atoms with Crippen LogP contribution in [0.25, 0.3) is 10.8 Å². The predicted octanol–water partition coefficient (Wildman–Crippen LogP) is -0.242. The molecule has 2 aromatic rings. The van der Waals surface area contributed by atoms with E-state index in [1.54, 1.807) is 0 Å². The standard InChI is InChI=1S/C10H8BN3/c1-2-4-7-6(3-1)9-12-5-8-11-13-10(7)14(8)9/h1-4,8,11H,5H2/t8-/m0/s1. The van der Waals surface area contributed by atoms with Crippen molar-refractivity contribution in [2.45, 2.75) is 5.94 Å². The molecule has 0 saturated heterocycles. The van der Waals surface area contributed by atoms with E-state index in [1.165, 1.54) is 10.8 Å². The molecule has 0 aliphatic carbocycles. The molecule has 4 rings (SSSR count). The van der Waals surface area contributed by atoms with Gasteiger partial charge < -0.3 is 9.47 Å². The molecule has 1 atom stereocenters. The van der Waals surface area contributed by atoms with Gasteiger partial charge in [-0.2, -0.15) is 0 Å². The molecule has 0 radical (unpaired) electrons. The summed E-state index contributed by atoms with van der Waals surface area (Å²) < 4.78 is 2.30. The van der Waals surface area contributed by atoms with E-state index in [2.05, 4.69) is 38.7 Å². The van der Waals surface area contributed by atoms with Crippen molar-refractivity contribution in [2.24, 2.45) is 9.90 Å². The van der Waals surface area contributed by atoms with Gasteiger partial charge in [0.05, 0.1) is 12.5 Å². The first-order valence-electron chi connectivity index (χ1n) is 4.93. The zero-order valence-corrected chi connectivity index (χ0v) is 7.64. The minimum absolute atomic E-state index is 0.507. The maximum absolute atomic E-state index is 4.58. The SMILES string of the molecule is B1N=c2c3ccccc3c3n2[C@H]1CN=3. The molecule has 0 amide bonds. The minimum Gasteiger partial charge on any atom is -0.330 e. The summed E-state index contributed by atoms with van der Waals surface area (Å²) in [6.45, 7) is 0.913. The Hall–Kier alpha value is -1.58. The van der Waals surface area contributed by atoms with Crippen molar-refractivity contribution in [1.82, 2.24) is 4.57 Å². The van der Waals surface area contributed by atoms with E-state index >= 15 is 0 Å². The van der Waals surface area contributed by atoms with Gasteiger partial charge >= 0.3 is 0 Å². The summed E-state index contributed by atoms with van der Waals surface area (Å²) in [7, 11) is 0.913. The molecule has 0 bridgehead atoms. The van der Waals surface area contributed by atoms with Gasteiger partial charge in [0, 0.05) is 10.8 Å². The average Bonchev–Trinajstić information content (AvgIpc) is 2.86. The van der Waals surface area contributed by atoms with E-state index in [4.69, 9.17) is 0 Å². The molecule has 4 heteroatoms. The van der Waals surface area contributed by atoms with E-state index in [0.29, 0.717) is 5.94 Å². The van der Waals surface area contributed by atoms with Crippen LogP contribution in [0.5, 0.6) is 0 Å². The number of hydrogen-bond donors (Lipinski definition) is 0. The topological polar surface area (TPSA) is 29.6 Å². The Labute approximate surface area is 81.1 Å². The maximum atomic E-state index is 4.58. The third-order valence-electron chi connectivity index (χ3n) is 3.13. The molecule has 0 fully saturated rings. The number of aromatic nitrogens is 1. The van der Waals surface area contributed by atoms with E-state index in [-0.39, 0.29) is 0 Å². The van der Waals surface area contributed by atoms with Gasteiger partial charge in [0.15, 0.2) is 0 Å². The largest absolute Gasteiger partial charge is 0.330 e. The second-order valence-electron chi connectivity index (χ2n) is 3.90. The third-order valence-corrected chi connectivity index (χ3v) is 3.13. The lowest BCUT2D eigenvalue weighted by Crippen LogP contribution is -2.23. The number of fused-ring (bicyclic) bond motifs is 3. The fraction of sp³-hybridized carbons (Fsp3) is 0.200. The predicted molar refractivity (Wildman–Crippen MR) is 55.3 cm³/mol. The van der Waals surface area contributed by atoms with Crippen molar-refractivity contribution in [1.29, 1.82) is 0 Å². The molecule has 1 aromatic heterocycles. The van der Waals surface area contributed by atoms with E-state index in [9.17, 15) is 0 Å². The van der Waals surface area contributed by atoms with Crippen LogP contribution < -0.4 is 11.0 Å². The lowest BCUT2D eigenvalue weighted by Gasteiger charge is -1.98. The molecule has 3 heterocycles. The van der Waals surface area contributed by atoms with Gasteiger partial charge in [-0.3, -0.25) is 4.99 Å². The Morgan fingerprint density at radius 1 is 1.21 bits per heavy atom. The molecule has 2 aliphatic heterocycles. The molecule has 0 saturated carbocycles. The Morgan fingerprint density at radius 3 is 2.86 bits per heavy atom. The molecule has 2 aliphatic rings. The first-order valence-corrected chi connectivity index (χ1v) is 4.93. The van der Waals surface area contributed by atoms with Crippen LogP contribution >= 0.6 is 0 Å². The maximum Gasteiger partial charge on any atom is 0.289 e. The molecule has 0 unspecified atom stereocenters. The lowest BCUT2D eigenvalue weighted by atomic mass is 9.85. The van der Waals surface area contributed by atoms with Crippen LogP contribution in [0.3, 0.4) is 0 Å². The quantitative estimate of drug-likeness (QED) is 0.502. The molecule has 0 spiro atoms. The number of nitrogens with zero attached hydrogens (tertiary/aromatic N) is 3. The summed E-state index contributed by atoms with van der Waals surface area (Å²) in [5.74, 6) is 0.507. The van der Waals surface area contributed by atoms with Crippen molar-refractivity contribution in [3.63, 3.8) is 0 Å². The number of rotatable bonds is 0. The summed E-state index contributed by atoms with van der Waals surface area (Å²) in [5, 5.41) is 2.52. The van der Waals surface area contributed by atoms with Crippen molar-refractivity contribution in [3.8, 4) is 0 Å². The first-order chi connectivity index (χ1) is 6.95. The van der Waals surface area contributed by atoms with Gasteiger partial charge in [-0.1, -0.05) is 24.3 Å². The summed E-state index contributed by atoms with van der Waals surface area (Å²) in [5.41, 5.74) is 2.28. The molecule has 1 aromatic carbocycles. The van der Waals surface area contributed by atoms with Crippen LogP contribution in [-0.2, 0) is 0 Å². The highest BCUT2D eigenvalue weighted by Gasteiger charge is 2.27. The minimum atomic E-state index is 0.507. The Balaban J connectivity index is 2.42. The summed E-state index contributed by atoms with van der Waals surface area (Å²) in [4.78, 5) is 9.17. The van der Waals surface area contributed by atoms with Crippen LogP contribution in [0, 0.1) is 0 Å². The van der Waals surface area contributed by atoms with Crippen LogP contribution in [0.1, 0.15) is 5.94 Å². The molecule has 3 nitrogen and oxygen atoms in total. The molecular weight excluding hydrogens is 173 g/mol. The molecule has 0 N–H and O–H groups in total. The Kier molecular flexibility index (Phi) is 1.01. The number of benzene rings is 1. The zero-order valence-electron chi connectivity index (χ0n) is 7.64. The van der Waals surface area contributed by atoms with Crippen molar-refractivity contribution < 1.29 is 0 Å². The monoisotopic (exact) mass is 181 g/mol. The van der Waals surface area contributed by atoms with Gasteiger partial charge in [0.2, 0.25) is 0 Å². The van der Waals surface area contributed by atoms with Gasteiger partial charge in [-0.05, 0) is 0 Å². The van der Waals surface area contributed by atoms with Gasteiger partial charge in [-0.15, -0.1) is 0 Å². The zero-order chi connectivity index (χ0) is 9.12. The fourth-order valence-electron chi connectivity index (χ4n) is 2.51. The van der Waals surface area contributed by atoms with Gasteiger partial charge in [-0.25, -0.2) is 0 Å².